The van der Waals surface area contributed by atoms with E-state index in [4.69, 9.17) is 4.74 Å². The number of hydrogen-bond acceptors (Lipinski definition) is 1. The van der Waals surface area contributed by atoms with Crippen molar-refractivity contribution >= 4 is 18.5 Å². The SMILES string of the molecule is CC(C1CC(P)(P)C1)C(C)(C)C1COC1. The second-order valence-corrected chi connectivity index (χ2v) is 9.21. The molecule has 2 aliphatic rings. The molecule has 0 spiro atoms. The van der Waals surface area contributed by atoms with Gasteiger partial charge in [-0.3, -0.25) is 0 Å². The fraction of sp³-hybridized carbons (Fsp3) is 1.00. The van der Waals surface area contributed by atoms with Gasteiger partial charge in [0, 0.05) is 5.92 Å². The van der Waals surface area contributed by atoms with Gasteiger partial charge in [-0.05, 0) is 35.0 Å². The van der Waals surface area contributed by atoms with E-state index < -0.39 is 0 Å². The summed E-state index contributed by atoms with van der Waals surface area (Å²) < 4.78 is 5.34. The summed E-state index contributed by atoms with van der Waals surface area (Å²) in [5.74, 6) is 2.52. The highest BCUT2D eigenvalue weighted by Gasteiger charge is 2.47. The van der Waals surface area contributed by atoms with Gasteiger partial charge in [-0.25, -0.2) is 0 Å². The van der Waals surface area contributed by atoms with Gasteiger partial charge in [0.1, 0.15) is 0 Å². The van der Waals surface area contributed by atoms with Crippen molar-refractivity contribution in [3.8, 4) is 0 Å². The van der Waals surface area contributed by atoms with Crippen molar-refractivity contribution in [3.05, 3.63) is 0 Å². The molecule has 1 saturated heterocycles. The maximum Gasteiger partial charge on any atom is 0.0521 e. The Morgan fingerprint density at radius 3 is 2.13 bits per heavy atom. The van der Waals surface area contributed by atoms with Gasteiger partial charge in [0.25, 0.3) is 0 Å². The average Bonchev–Trinajstić information content (AvgIpc) is 1.93. The predicted octanol–water partition coefficient (Wildman–Crippen LogP) is 3.15. The van der Waals surface area contributed by atoms with Crippen molar-refractivity contribution in [1.29, 1.82) is 0 Å². The molecule has 3 atom stereocenters. The molecule has 88 valence electrons. The number of rotatable bonds is 3. The van der Waals surface area contributed by atoms with Crippen molar-refractivity contribution in [1.82, 2.24) is 0 Å². The molecule has 1 aliphatic carbocycles. The average molecular weight is 246 g/mol. The second kappa shape index (κ2) is 3.94. The Morgan fingerprint density at radius 1 is 1.27 bits per heavy atom. The Kier molecular flexibility index (Phi) is 3.22. The summed E-state index contributed by atoms with van der Waals surface area (Å²) in [6, 6.07) is 0. The molecule has 0 amide bonds. The minimum Gasteiger partial charge on any atom is -0.381 e. The summed E-state index contributed by atoms with van der Waals surface area (Å²) in [6.45, 7) is 9.26. The quantitative estimate of drug-likeness (QED) is 0.695. The van der Waals surface area contributed by atoms with Gasteiger partial charge in [-0.1, -0.05) is 20.8 Å². The maximum atomic E-state index is 5.34. The molecular weight excluding hydrogens is 222 g/mol. The van der Waals surface area contributed by atoms with E-state index >= 15 is 0 Å². The molecule has 0 bridgehead atoms. The van der Waals surface area contributed by atoms with Crippen LogP contribution in [0.15, 0.2) is 0 Å². The molecule has 1 saturated carbocycles. The molecule has 0 aromatic rings. The normalized spacial score (nSPS) is 29.4. The van der Waals surface area contributed by atoms with Crippen molar-refractivity contribution in [2.45, 2.75) is 38.5 Å². The Hall–Kier alpha value is 0.820. The van der Waals surface area contributed by atoms with Crippen LogP contribution < -0.4 is 0 Å². The molecule has 1 aliphatic heterocycles. The first-order valence-corrected chi connectivity index (χ1v) is 7.14. The van der Waals surface area contributed by atoms with E-state index in [2.05, 4.69) is 39.3 Å². The van der Waals surface area contributed by atoms with E-state index in [1.54, 1.807) is 0 Å². The summed E-state index contributed by atoms with van der Waals surface area (Å²) >= 11 is 0. The van der Waals surface area contributed by atoms with Gasteiger partial charge >= 0.3 is 0 Å². The molecule has 2 fully saturated rings. The van der Waals surface area contributed by atoms with E-state index in [1.807, 2.05) is 0 Å². The smallest absolute Gasteiger partial charge is 0.0521 e. The van der Waals surface area contributed by atoms with Gasteiger partial charge in [-0.15, -0.1) is 18.5 Å². The fourth-order valence-electron chi connectivity index (χ4n) is 2.91. The third-order valence-corrected chi connectivity index (χ3v) is 5.80. The van der Waals surface area contributed by atoms with Crippen molar-refractivity contribution < 1.29 is 4.74 Å². The molecule has 0 N–H and O–H groups in total. The second-order valence-electron chi connectivity index (χ2n) is 6.25. The molecule has 2 rings (SSSR count). The van der Waals surface area contributed by atoms with E-state index in [-0.39, 0.29) is 0 Å². The van der Waals surface area contributed by atoms with Crippen LogP contribution in [0.4, 0.5) is 0 Å². The van der Waals surface area contributed by atoms with Crippen molar-refractivity contribution in [2.24, 2.45) is 23.2 Å². The van der Waals surface area contributed by atoms with Gasteiger partial charge in [0.2, 0.25) is 0 Å². The van der Waals surface area contributed by atoms with Crippen molar-refractivity contribution in [3.63, 3.8) is 0 Å². The monoisotopic (exact) mass is 246 g/mol. The zero-order chi connectivity index (χ0) is 11.3. The highest BCUT2D eigenvalue weighted by Crippen LogP contribution is 2.57. The highest BCUT2D eigenvalue weighted by atomic mass is 31.1. The maximum absolute atomic E-state index is 5.34. The lowest BCUT2D eigenvalue weighted by Gasteiger charge is -2.53. The van der Waals surface area contributed by atoms with Crippen molar-refractivity contribution in [2.75, 3.05) is 13.2 Å². The molecule has 1 nitrogen and oxygen atoms in total. The molecule has 15 heavy (non-hydrogen) atoms. The lowest BCUT2D eigenvalue weighted by atomic mass is 9.60. The minimum atomic E-state index is 0.450. The summed E-state index contributed by atoms with van der Waals surface area (Å²) in [7, 11) is 5.95. The Balaban J connectivity index is 1.92. The third kappa shape index (κ3) is 2.26. The van der Waals surface area contributed by atoms with Crippen LogP contribution in [0, 0.1) is 23.2 Å². The molecule has 0 aromatic carbocycles. The van der Waals surface area contributed by atoms with Crippen LogP contribution in [0.2, 0.25) is 0 Å². The van der Waals surface area contributed by atoms with E-state index in [0.717, 1.165) is 31.0 Å². The lowest BCUT2D eigenvalue weighted by Crippen LogP contribution is -2.49. The first-order valence-electron chi connectivity index (χ1n) is 5.98. The topological polar surface area (TPSA) is 9.23 Å². The van der Waals surface area contributed by atoms with Crippen LogP contribution in [0.1, 0.15) is 33.6 Å². The minimum absolute atomic E-state index is 0.450. The van der Waals surface area contributed by atoms with E-state index in [9.17, 15) is 0 Å². The zero-order valence-electron chi connectivity index (χ0n) is 10.1. The number of ether oxygens (including phenoxy) is 1. The Morgan fingerprint density at radius 2 is 1.80 bits per heavy atom. The summed E-state index contributed by atoms with van der Waals surface area (Å²) in [5.41, 5.74) is 0.453. The van der Waals surface area contributed by atoms with Gasteiger partial charge in [0.15, 0.2) is 0 Å². The van der Waals surface area contributed by atoms with Gasteiger partial charge < -0.3 is 4.74 Å². The summed E-state index contributed by atoms with van der Waals surface area (Å²) in [4.78, 5) is 0.450. The zero-order valence-corrected chi connectivity index (χ0v) is 12.4. The van der Waals surface area contributed by atoms with Crippen LogP contribution in [-0.2, 0) is 4.74 Å². The molecular formula is C12H24OP2. The molecule has 3 heteroatoms. The van der Waals surface area contributed by atoms with Crippen LogP contribution in [0.3, 0.4) is 0 Å². The lowest BCUT2D eigenvalue weighted by molar-refractivity contribution is -0.117. The molecule has 1 heterocycles. The molecule has 0 radical (unpaired) electrons. The third-order valence-electron chi connectivity index (χ3n) is 4.86. The van der Waals surface area contributed by atoms with Crippen LogP contribution in [0.5, 0.6) is 0 Å². The summed E-state index contributed by atoms with van der Waals surface area (Å²) in [5, 5.41) is 0. The summed E-state index contributed by atoms with van der Waals surface area (Å²) in [6.07, 6.45) is 2.70. The van der Waals surface area contributed by atoms with Gasteiger partial charge in [0.05, 0.1) is 13.2 Å². The molecule has 0 aromatic heterocycles. The van der Waals surface area contributed by atoms with Crippen LogP contribution in [0.25, 0.3) is 0 Å². The first kappa shape index (κ1) is 12.3. The highest BCUT2D eigenvalue weighted by molar-refractivity contribution is 7.40. The Bertz CT molecular complexity index is 238. The van der Waals surface area contributed by atoms with Crippen LogP contribution >= 0.6 is 18.5 Å². The number of hydrogen-bond donors (Lipinski definition) is 0. The largest absolute Gasteiger partial charge is 0.381 e. The van der Waals surface area contributed by atoms with Crippen LogP contribution in [-0.4, -0.2) is 18.1 Å². The fourth-order valence-corrected chi connectivity index (χ4v) is 4.13. The Labute approximate surface area is 98.5 Å². The molecule has 3 unspecified atom stereocenters. The standard InChI is InChI=1S/C12H24OP2/c1-8(9-4-12(14,15)5-9)11(2,3)10-6-13-7-10/h8-10H,4-7,14-15H2,1-3H3. The first-order chi connectivity index (χ1) is 6.83. The van der Waals surface area contributed by atoms with E-state index in [0.29, 0.717) is 10.3 Å². The van der Waals surface area contributed by atoms with E-state index in [1.165, 1.54) is 12.8 Å². The predicted molar refractivity (Wildman–Crippen MR) is 72.1 cm³/mol. The van der Waals surface area contributed by atoms with Gasteiger partial charge in [-0.2, -0.15) is 0 Å².